The number of aromatic amines is 1. The fraction of sp³-hybridized carbons (Fsp3) is 0.667. The molecule has 1 aromatic heterocycles. The summed E-state index contributed by atoms with van der Waals surface area (Å²) in [4.78, 5) is 32.1. The van der Waals surface area contributed by atoms with Gasteiger partial charge >= 0.3 is 0 Å². The van der Waals surface area contributed by atoms with Crippen molar-refractivity contribution in [2.24, 2.45) is 17.8 Å². The molecule has 5 heteroatoms. The number of hydrogen-bond acceptors (Lipinski definition) is 2. The molecule has 124 valence electrons. The lowest BCUT2D eigenvalue weighted by molar-refractivity contribution is -0.133. The Morgan fingerprint density at radius 2 is 1.65 bits per heavy atom. The molecule has 1 aliphatic heterocycles. The molecule has 2 amide bonds. The van der Waals surface area contributed by atoms with Crippen molar-refractivity contribution in [3.8, 4) is 0 Å². The van der Waals surface area contributed by atoms with Crippen molar-refractivity contribution in [3.05, 3.63) is 24.0 Å². The third-order valence-corrected chi connectivity index (χ3v) is 5.86. The van der Waals surface area contributed by atoms with Crippen LogP contribution in [-0.4, -0.2) is 52.8 Å². The van der Waals surface area contributed by atoms with Gasteiger partial charge in [-0.3, -0.25) is 9.59 Å². The van der Waals surface area contributed by atoms with E-state index in [9.17, 15) is 9.59 Å². The zero-order chi connectivity index (χ0) is 15.8. The average molecular weight is 315 g/mol. The summed E-state index contributed by atoms with van der Waals surface area (Å²) >= 11 is 0. The van der Waals surface area contributed by atoms with Crippen molar-refractivity contribution in [1.82, 2.24) is 14.8 Å². The van der Waals surface area contributed by atoms with E-state index in [1.807, 2.05) is 21.9 Å². The number of rotatable bonds is 2. The number of fused-ring (bicyclic) bond motifs is 1. The van der Waals surface area contributed by atoms with Crippen molar-refractivity contribution < 1.29 is 9.59 Å². The highest BCUT2D eigenvalue weighted by Gasteiger charge is 2.55. The summed E-state index contributed by atoms with van der Waals surface area (Å²) < 4.78 is 0. The number of aromatic nitrogens is 1. The highest BCUT2D eigenvalue weighted by Crippen LogP contribution is 2.56. The number of carbonyl (C=O) groups excluding carboxylic acids is 2. The van der Waals surface area contributed by atoms with Gasteiger partial charge in [-0.2, -0.15) is 0 Å². The van der Waals surface area contributed by atoms with Gasteiger partial charge in [0.1, 0.15) is 5.69 Å². The van der Waals surface area contributed by atoms with E-state index in [4.69, 9.17) is 0 Å². The zero-order valence-corrected chi connectivity index (χ0v) is 13.5. The minimum atomic E-state index is 0.0457. The molecular formula is C18H25N3O2. The normalized spacial score (nSPS) is 30.5. The van der Waals surface area contributed by atoms with Crippen LogP contribution in [0.3, 0.4) is 0 Å². The van der Waals surface area contributed by atoms with E-state index in [0.717, 1.165) is 19.5 Å². The van der Waals surface area contributed by atoms with Crippen molar-refractivity contribution >= 4 is 11.8 Å². The molecule has 0 radical (unpaired) electrons. The highest BCUT2D eigenvalue weighted by molar-refractivity contribution is 5.92. The molecule has 23 heavy (non-hydrogen) atoms. The van der Waals surface area contributed by atoms with Crippen LogP contribution < -0.4 is 0 Å². The third kappa shape index (κ3) is 2.77. The van der Waals surface area contributed by atoms with E-state index in [2.05, 4.69) is 4.98 Å². The number of H-pyrrole nitrogens is 1. The van der Waals surface area contributed by atoms with Crippen LogP contribution in [0.2, 0.25) is 0 Å². The van der Waals surface area contributed by atoms with Gasteiger partial charge in [0.05, 0.1) is 0 Å². The fourth-order valence-electron chi connectivity index (χ4n) is 4.54. The SMILES string of the molecule is O=C(c1ccc[nH]1)N1CCCN(C(=O)C2[C@@H]3CCCC[C@@H]23)CC1. The van der Waals surface area contributed by atoms with Crippen LogP contribution in [0.25, 0.3) is 0 Å². The first-order valence-corrected chi connectivity index (χ1v) is 8.97. The zero-order valence-electron chi connectivity index (χ0n) is 13.5. The lowest BCUT2D eigenvalue weighted by Gasteiger charge is -2.22. The smallest absolute Gasteiger partial charge is 0.270 e. The largest absolute Gasteiger partial charge is 0.357 e. The molecule has 0 spiro atoms. The summed E-state index contributed by atoms with van der Waals surface area (Å²) in [5, 5.41) is 0. The van der Waals surface area contributed by atoms with Gasteiger partial charge in [-0.15, -0.1) is 0 Å². The molecule has 0 aromatic carbocycles. The Morgan fingerprint density at radius 1 is 0.957 bits per heavy atom. The second-order valence-corrected chi connectivity index (χ2v) is 7.19. The Kier molecular flexibility index (Phi) is 3.87. The molecular weight excluding hydrogens is 290 g/mol. The van der Waals surface area contributed by atoms with E-state index >= 15 is 0 Å². The van der Waals surface area contributed by atoms with Crippen molar-refractivity contribution in [3.63, 3.8) is 0 Å². The standard InChI is InChI=1S/C18H25N3O2/c22-17(15-7-3-8-19-15)20-9-4-10-21(12-11-20)18(23)16-13-5-1-2-6-14(13)16/h3,7-8,13-14,16,19H,1-2,4-6,9-12H2/t13-,14-/m1/s1. The molecule has 3 aliphatic rings. The van der Waals surface area contributed by atoms with E-state index in [0.29, 0.717) is 42.4 Å². The lowest BCUT2D eigenvalue weighted by atomic mass is 10.0. The van der Waals surface area contributed by atoms with Gasteiger partial charge in [-0.25, -0.2) is 0 Å². The molecule has 4 rings (SSSR count). The summed E-state index contributed by atoms with van der Waals surface area (Å²) in [5.41, 5.74) is 0.637. The van der Waals surface area contributed by atoms with Crippen LogP contribution >= 0.6 is 0 Å². The molecule has 2 saturated carbocycles. The van der Waals surface area contributed by atoms with E-state index in [1.54, 1.807) is 6.20 Å². The Labute approximate surface area is 137 Å². The Morgan fingerprint density at radius 3 is 2.35 bits per heavy atom. The monoisotopic (exact) mass is 315 g/mol. The molecule has 5 nitrogen and oxygen atoms in total. The summed E-state index contributed by atoms with van der Waals surface area (Å²) in [6, 6.07) is 3.65. The van der Waals surface area contributed by atoms with Crippen LogP contribution in [-0.2, 0) is 4.79 Å². The van der Waals surface area contributed by atoms with Crippen LogP contribution in [0.15, 0.2) is 18.3 Å². The number of hydrogen-bond donors (Lipinski definition) is 1. The first-order valence-electron chi connectivity index (χ1n) is 8.97. The first kappa shape index (κ1) is 14.8. The lowest BCUT2D eigenvalue weighted by Crippen LogP contribution is -2.38. The molecule has 1 saturated heterocycles. The number of carbonyl (C=O) groups is 2. The predicted molar refractivity (Wildman–Crippen MR) is 86.8 cm³/mol. The van der Waals surface area contributed by atoms with Crippen LogP contribution in [0.5, 0.6) is 0 Å². The highest BCUT2D eigenvalue weighted by atomic mass is 16.2. The third-order valence-electron chi connectivity index (χ3n) is 5.86. The fourth-order valence-corrected chi connectivity index (χ4v) is 4.54. The van der Waals surface area contributed by atoms with Gasteiger partial charge in [0.25, 0.3) is 5.91 Å². The van der Waals surface area contributed by atoms with E-state index < -0.39 is 0 Å². The van der Waals surface area contributed by atoms with Gasteiger partial charge < -0.3 is 14.8 Å². The number of amides is 2. The first-order chi connectivity index (χ1) is 11.3. The van der Waals surface area contributed by atoms with Gasteiger partial charge in [-0.05, 0) is 43.2 Å². The van der Waals surface area contributed by atoms with Crippen LogP contribution in [0.4, 0.5) is 0 Å². The van der Waals surface area contributed by atoms with E-state index in [1.165, 1.54) is 25.7 Å². The maximum atomic E-state index is 12.8. The Balaban J connectivity index is 1.36. The molecule has 1 N–H and O–H groups in total. The molecule has 2 aliphatic carbocycles. The van der Waals surface area contributed by atoms with Gasteiger partial charge in [0.2, 0.25) is 5.91 Å². The Hall–Kier alpha value is -1.78. The molecule has 0 unspecified atom stereocenters. The summed E-state index contributed by atoms with van der Waals surface area (Å²) in [6.45, 7) is 2.86. The van der Waals surface area contributed by atoms with Crippen molar-refractivity contribution in [2.75, 3.05) is 26.2 Å². The van der Waals surface area contributed by atoms with Crippen LogP contribution in [0, 0.1) is 17.8 Å². The number of nitrogens with zero attached hydrogens (tertiary/aromatic N) is 2. The van der Waals surface area contributed by atoms with Gasteiger partial charge in [0.15, 0.2) is 0 Å². The van der Waals surface area contributed by atoms with E-state index in [-0.39, 0.29) is 5.91 Å². The summed E-state index contributed by atoms with van der Waals surface area (Å²) in [7, 11) is 0. The average Bonchev–Trinajstić information content (AvgIpc) is 3.16. The maximum Gasteiger partial charge on any atom is 0.270 e. The van der Waals surface area contributed by atoms with Gasteiger partial charge in [-0.1, -0.05) is 12.8 Å². The molecule has 3 fully saturated rings. The minimum absolute atomic E-state index is 0.0457. The second-order valence-electron chi connectivity index (χ2n) is 7.19. The molecule has 2 atom stereocenters. The summed E-state index contributed by atoms with van der Waals surface area (Å²) in [6.07, 6.45) is 7.72. The maximum absolute atomic E-state index is 12.8. The minimum Gasteiger partial charge on any atom is -0.357 e. The second kappa shape index (κ2) is 6.02. The van der Waals surface area contributed by atoms with Gasteiger partial charge in [0, 0.05) is 38.3 Å². The molecule has 2 heterocycles. The van der Waals surface area contributed by atoms with Crippen LogP contribution in [0.1, 0.15) is 42.6 Å². The van der Waals surface area contributed by atoms with Crippen molar-refractivity contribution in [2.45, 2.75) is 32.1 Å². The predicted octanol–water partition coefficient (Wildman–Crippen LogP) is 2.13. The molecule has 1 aromatic rings. The summed E-state index contributed by atoms with van der Waals surface area (Å²) in [5.74, 6) is 2.02. The topological polar surface area (TPSA) is 56.4 Å². The molecule has 0 bridgehead atoms. The quantitative estimate of drug-likeness (QED) is 0.909. The van der Waals surface area contributed by atoms with Crippen molar-refractivity contribution in [1.29, 1.82) is 0 Å². The Bertz CT molecular complexity index is 571. The number of nitrogens with one attached hydrogen (secondary N) is 1.